The number of Topliss-reactive ketones (excluding diaryl/α,β-unsaturated/α-hetero) is 1. The number of carbonyl (C=O) groups excluding carboxylic acids is 1. The fraction of sp³-hybridized carbons (Fsp3) is 0.517. The molecule has 0 saturated heterocycles. The van der Waals surface area contributed by atoms with Gasteiger partial charge in [0.1, 0.15) is 11.4 Å². The minimum Gasteiger partial charge on any atom is -0.508 e. The maximum Gasteiger partial charge on any atom is 0.335 e. The Morgan fingerprint density at radius 2 is 1.59 bits per heavy atom. The topological polar surface area (TPSA) is 94.8 Å². The van der Waals surface area contributed by atoms with Crippen LogP contribution in [0.5, 0.6) is 5.75 Å². The molecule has 0 radical (unpaired) electrons. The summed E-state index contributed by atoms with van der Waals surface area (Å²) in [5, 5.41) is 29.6. The number of phenols is 1. The second-order valence-electron chi connectivity index (χ2n) is 9.50. The molecule has 1 aromatic carbocycles. The summed E-state index contributed by atoms with van der Waals surface area (Å²) in [5.41, 5.74) is 3.07. The number of benzene rings is 1. The minimum atomic E-state index is -1.27. The number of phenolic OH excluding ortho intramolecular Hbond substituents is 1. The van der Waals surface area contributed by atoms with Gasteiger partial charge >= 0.3 is 5.97 Å². The Balaban J connectivity index is 2.46. The van der Waals surface area contributed by atoms with E-state index in [-0.39, 0.29) is 17.1 Å². The third-order valence-corrected chi connectivity index (χ3v) is 6.16. The van der Waals surface area contributed by atoms with E-state index >= 15 is 0 Å². The molecular formula is C29H42O5. The van der Waals surface area contributed by atoms with E-state index in [1.165, 1.54) is 23.8 Å². The van der Waals surface area contributed by atoms with E-state index in [0.717, 1.165) is 43.3 Å². The highest BCUT2D eigenvalue weighted by molar-refractivity contribution is 5.88. The Hall–Kier alpha value is -2.66. The van der Waals surface area contributed by atoms with Crippen molar-refractivity contribution < 1.29 is 24.9 Å². The van der Waals surface area contributed by atoms with Gasteiger partial charge < -0.3 is 15.3 Å². The van der Waals surface area contributed by atoms with Crippen LogP contribution in [0.3, 0.4) is 0 Å². The number of carboxylic acids is 1. The molecule has 5 heteroatoms. The number of aliphatic hydroxyl groups is 1. The third kappa shape index (κ3) is 11.0. The van der Waals surface area contributed by atoms with Gasteiger partial charge in [-0.25, -0.2) is 4.79 Å². The Labute approximate surface area is 204 Å². The van der Waals surface area contributed by atoms with Gasteiger partial charge in [0.2, 0.25) is 0 Å². The highest BCUT2D eigenvalue weighted by Gasteiger charge is 2.28. The molecule has 0 aromatic heterocycles. The lowest BCUT2D eigenvalue weighted by Crippen LogP contribution is -2.34. The summed E-state index contributed by atoms with van der Waals surface area (Å²) in [4.78, 5) is 23.6. The first-order valence-corrected chi connectivity index (χ1v) is 12.2. The van der Waals surface area contributed by atoms with Crippen molar-refractivity contribution in [1.82, 2.24) is 0 Å². The van der Waals surface area contributed by atoms with Gasteiger partial charge in [0.15, 0.2) is 5.78 Å². The van der Waals surface area contributed by atoms with Crippen molar-refractivity contribution in [3.8, 4) is 5.75 Å². The number of rotatable bonds is 15. The van der Waals surface area contributed by atoms with Gasteiger partial charge in [-0.2, -0.15) is 0 Å². The number of hydrogen-bond acceptors (Lipinski definition) is 4. The lowest BCUT2D eigenvalue weighted by Gasteiger charge is -2.22. The average molecular weight is 471 g/mol. The predicted molar refractivity (Wildman–Crippen MR) is 138 cm³/mol. The molecule has 0 bridgehead atoms. The number of aromatic carboxylic acids is 1. The fourth-order valence-electron chi connectivity index (χ4n) is 3.80. The van der Waals surface area contributed by atoms with Crippen LogP contribution in [0.1, 0.15) is 102 Å². The largest absolute Gasteiger partial charge is 0.508 e. The zero-order chi connectivity index (χ0) is 25.7. The lowest BCUT2D eigenvalue weighted by atomic mass is 9.89. The first-order chi connectivity index (χ1) is 16.0. The van der Waals surface area contributed by atoms with Crippen LogP contribution in [0.4, 0.5) is 0 Å². The number of ketones is 1. The van der Waals surface area contributed by atoms with Crippen LogP contribution < -0.4 is 0 Å². The molecule has 0 aliphatic carbocycles. The van der Waals surface area contributed by atoms with Crippen LogP contribution in [-0.4, -0.2) is 32.7 Å². The monoisotopic (exact) mass is 470 g/mol. The Kier molecular flexibility index (Phi) is 12.6. The molecular weight excluding hydrogens is 428 g/mol. The van der Waals surface area contributed by atoms with E-state index < -0.39 is 11.6 Å². The van der Waals surface area contributed by atoms with Crippen LogP contribution >= 0.6 is 0 Å². The first-order valence-electron chi connectivity index (χ1n) is 12.2. The summed E-state index contributed by atoms with van der Waals surface area (Å²) < 4.78 is 0. The van der Waals surface area contributed by atoms with E-state index in [1.807, 2.05) is 19.9 Å². The molecule has 1 atom stereocenters. The van der Waals surface area contributed by atoms with Crippen LogP contribution in [0, 0.1) is 0 Å². The molecule has 0 saturated carbocycles. The molecule has 0 amide bonds. The molecule has 1 rings (SSSR count). The molecule has 0 aliphatic rings. The van der Waals surface area contributed by atoms with Crippen LogP contribution in [-0.2, 0) is 11.2 Å². The van der Waals surface area contributed by atoms with Crippen LogP contribution in [0.25, 0.3) is 0 Å². The van der Waals surface area contributed by atoms with Crippen molar-refractivity contribution in [3.05, 3.63) is 64.3 Å². The highest BCUT2D eigenvalue weighted by Crippen LogP contribution is 2.22. The molecule has 34 heavy (non-hydrogen) atoms. The summed E-state index contributed by atoms with van der Waals surface area (Å²) in [6, 6.07) is 4.30. The molecule has 0 spiro atoms. The van der Waals surface area contributed by atoms with E-state index in [2.05, 4.69) is 26.0 Å². The Morgan fingerprint density at radius 3 is 2.24 bits per heavy atom. The second kappa shape index (κ2) is 14.6. The number of allylic oxidation sites excluding steroid dienone is 6. The molecule has 0 heterocycles. The van der Waals surface area contributed by atoms with Gasteiger partial charge in [0.05, 0.1) is 5.56 Å². The normalized spacial score (nSPS) is 14.7. The summed E-state index contributed by atoms with van der Waals surface area (Å²) in [6.07, 6.45) is 12.6. The molecule has 0 unspecified atom stereocenters. The fourth-order valence-corrected chi connectivity index (χ4v) is 3.80. The Morgan fingerprint density at radius 1 is 0.941 bits per heavy atom. The molecule has 188 valence electrons. The van der Waals surface area contributed by atoms with Gasteiger partial charge in [-0.1, -0.05) is 41.9 Å². The lowest BCUT2D eigenvalue weighted by molar-refractivity contribution is -0.136. The SMILES string of the molecule is CC/C=C(/C)CCC[C@@](C)(O)C(=O)CC/C(C)=C/CC/C(C)=C/Cc1cc(C(=O)O)ccc1O. The van der Waals surface area contributed by atoms with Crippen molar-refractivity contribution in [2.45, 2.75) is 98.0 Å². The number of carbonyl (C=O) groups is 2. The van der Waals surface area contributed by atoms with E-state index in [9.17, 15) is 19.8 Å². The van der Waals surface area contributed by atoms with Crippen molar-refractivity contribution in [2.24, 2.45) is 0 Å². The van der Waals surface area contributed by atoms with Crippen LogP contribution in [0.15, 0.2) is 53.1 Å². The molecule has 3 N–H and O–H groups in total. The standard InChI is InChI=1S/C29H42O5/c1-6-9-21(2)12-8-19-29(5,34)27(31)18-14-23(4)11-7-10-22(3)13-15-24-20-25(28(32)33)16-17-26(24)30/h9,11,13,16-17,20,30,34H,6-8,10,12,14-15,18-19H2,1-5H3,(H,32,33)/b21-9-,22-13+,23-11+/t29-/m1/s1. The summed E-state index contributed by atoms with van der Waals surface area (Å²) in [5.74, 6) is -1.02. The maximum atomic E-state index is 12.5. The molecule has 0 aliphatic heterocycles. The van der Waals surface area contributed by atoms with Gasteiger partial charge in [-0.05, 0) is 103 Å². The van der Waals surface area contributed by atoms with Gasteiger partial charge in [-0.3, -0.25) is 4.79 Å². The van der Waals surface area contributed by atoms with Crippen molar-refractivity contribution in [2.75, 3.05) is 0 Å². The summed E-state index contributed by atoms with van der Waals surface area (Å²) in [6.45, 7) is 9.84. The number of aromatic hydroxyl groups is 1. The molecule has 1 aromatic rings. The summed E-state index contributed by atoms with van der Waals surface area (Å²) >= 11 is 0. The van der Waals surface area contributed by atoms with Gasteiger partial charge in [-0.15, -0.1) is 0 Å². The van der Waals surface area contributed by atoms with Crippen LogP contribution in [0.2, 0.25) is 0 Å². The van der Waals surface area contributed by atoms with Crippen molar-refractivity contribution in [1.29, 1.82) is 0 Å². The van der Waals surface area contributed by atoms with Crippen molar-refractivity contribution >= 4 is 11.8 Å². The van der Waals surface area contributed by atoms with Gasteiger partial charge in [0.25, 0.3) is 0 Å². The first kappa shape index (κ1) is 29.4. The van der Waals surface area contributed by atoms with Gasteiger partial charge in [0, 0.05) is 6.42 Å². The van der Waals surface area contributed by atoms with E-state index in [4.69, 9.17) is 5.11 Å². The smallest absolute Gasteiger partial charge is 0.335 e. The number of hydrogen-bond donors (Lipinski definition) is 3. The Bertz CT molecular complexity index is 918. The minimum absolute atomic E-state index is 0.0953. The summed E-state index contributed by atoms with van der Waals surface area (Å²) in [7, 11) is 0. The molecule has 5 nitrogen and oxygen atoms in total. The second-order valence-corrected chi connectivity index (χ2v) is 9.50. The average Bonchev–Trinajstić information content (AvgIpc) is 2.76. The zero-order valence-corrected chi connectivity index (χ0v) is 21.5. The van der Waals surface area contributed by atoms with Crippen molar-refractivity contribution in [3.63, 3.8) is 0 Å². The predicted octanol–water partition coefficient (Wildman–Crippen LogP) is 6.93. The maximum absolute atomic E-state index is 12.5. The third-order valence-electron chi connectivity index (χ3n) is 6.16. The zero-order valence-electron chi connectivity index (χ0n) is 21.5. The molecule has 0 fully saturated rings. The number of carboxylic acid groups (broad SMARTS) is 1. The van der Waals surface area contributed by atoms with E-state index in [0.29, 0.717) is 31.2 Å². The quantitative estimate of drug-likeness (QED) is 0.242. The highest BCUT2D eigenvalue weighted by atomic mass is 16.4. The van der Waals surface area contributed by atoms with E-state index in [1.54, 1.807) is 6.92 Å².